The molecule has 5 nitrogen and oxygen atoms in total. The van der Waals surface area contributed by atoms with Crippen molar-refractivity contribution < 1.29 is 9.53 Å². The molecule has 1 unspecified atom stereocenters. The molecule has 1 fully saturated rings. The van der Waals surface area contributed by atoms with E-state index in [0.717, 1.165) is 36.8 Å². The summed E-state index contributed by atoms with van der Waals surface area (Å²) in [7, 11) is 0. The predicted octanol–water partition coefficient (Wildman–Crippen LogP) is 1.63. The first-order valence-corrected chi connectivity index (χ1v) is 6.79. The maximum atomic E-state index is 11.8. The first-order chi connectivity index (χ1) is 8.26. The zero-order valence-electron chi connectivity index (χ0n) is 10.2. The van der Waals surface area contributed by atoms with Crippen molar-refractivity contribution in [2.45, 2.75) is 39.2 Å². The van der Waals surface area contributed by atoms with E-state index in [-0.39, 0.29) is 12.0 Å². The van der Waals surface area contributed by atoms with Crippen LogP contribution in [0.1, 0.15) is 32.5 Å². The van der Waals surface area contributed by atoms with Crippen LogP contribution in [-0.4, -0.2) is 34.5 Å². The number of carbonyl (C=O) groups is 1. The molecule has 0 amide bonds. The van der Waals surface area contributed by atoms with Gasteiger partial charge in [-0.3, -0.25) is 0 Å². The molecular weight excluding hydrogens is 238 g/mol. The van der Waals surface area contributed by atoms with E-state index in [9.17, 15) is 4.79 Å². The number of anilines is 1. The maximum Gasteiger partial charge on any atom is 0.328 e. The van der Waals surface area contributed by atoms with Gasteiger partial charge in [-0.2, -0.15) is 4.37 Å². The van der Waals surface area contributed by atoms with Gasteiger partial charge in [-0.25, -0.2) is 9.78 Å². The Balaban J connectivity index is 2.11. The topological polar surface area (TPSA) is 55.3 Å². The Morgan fingerprint density at radius 1 is 1.59 bits per heavy atom. The van der Waals surface area contributed by atoms with Crippen LogP contribution < -0.4 is 4.90 Å². The number of carbonyl (C=O) groups excluding carboxylic acids is 1. The van der Waals surface area contributed by atoms with Gasteiger partial charge in [0.05, 0.1) is 6.61 Å². The standard InChI is InChI=1S/C11H17N3O2S/c1-3-9-12-11(17-13-9)14-7-5-6-8(14)10(15)16-4-2/h8H,3-7H2,1-2H3. The quantitative estimate of drug-likeness (QED) is 0.765. The van der Waals surface area contributed by atoms with E-state index < -0.39 is 0 Å². The zero-order chi connectivity index (χ0) is 12.3. The minimum Gasteiger partial charge on any atom is -0.464 e. The molecule has 0 radical (unpaired) electrons. The van der Waals surface area contributed by atoms with Crippen molar-refractivity contribution in [3.63, 3.8) is 0 Å². The van der Waals surface area contributed by atoms with Crippen LogP contribution in [0.4, 0.5) is 5.13 Å². The lowest BCUT2D eigenvalue weighted by Gasteiger charge is -2.21. The highest BCUT2D eigenvalue weighted by molar-refractivity contribution is 7.09. The van der Waals surface area contributed by atoms with E-state index in [1.807, 2.05) is 18.7 Å². The van der Waals surface area contributed by atoms with Gasteiger partial charge in [0.2, 0.25) is 5.13 Å². The van der Waals surface area contributed by atoms with Gasteiger partial charge in [-0.15, -0.1) is 0 Å². The highest BCUT2D eigenvalue weighted by Gasteiger charge is 2.33. The molecule has 2 rings (SSSR count). The maximum absolute atomic E-state index is 11.8. The van der Waals surface area contributed by atoms with Gasteiger partial charge in [0.15, 0.2) is 0 Å². The van der Waals surface area contributed by atoms with Gasteiger partial charge < -0.3 is 9.64 Å². The molecule has 1 aliphatic heterocycles. The van der Waals surface area contributed by atoms with Crippen LogP contribution in [0.2, 0.25) is 0 Å². The lowest BCUT2D eigenvalue weighted by Crippen LogP contribution is -2.37. The van der Waals surface area contributed by atoms with Gasteiger partial charge in [0.1, 0.15) is 11.9 Å². The normalized spacial score (nSPS) is 19.6. The molecule has 1 atom stereocenters. The Hall–Kier alpha value is -1.17. The van der Waals surface area contributed by atoms with Crippen molar-refractivity contribution in [1.82, 2.24) is 9.36 Å². The molecular formula is C11H17N3O2S. The molecule has 1 aliphatic rings. The van der Waals surface area contributed by atoms with Gasteiger partial charge in [-0.1, -0.05) is 6.92 Å². The highest BCUT2D eigenvalue weighted by atomic mass is 32.1. The molecule has 6 heteroatoms. The van der Waals surface area contributed by atoms with Gasteiger partial charge in [-0.05, 0) is 19.8 Å². The van der Waals surface area contributed by atoms with Crippen LogP contribution >= 0.6 is 11.5 Å². The Labute approximate surface area is 105 Å². The second kappa shape index (κ2) is 5.44. The molecule has 1 aromatic heterocycles. The van der Waals surface area contributed by atoms with Crippen LogP contribution in [0.3, 0.4) is 0 Å². The molecule has 0 aromatic carbocycles. The van der Waals surface area contributed by atoms with Crippen molar-refractivity contribution in [3.05, 3.63) is 5.82 Å². The SMILES string of the molecule is CCOC(=O)C1CCCN1c1nc(CC)ns1. The average molecular weight is 255 g/mol. The lowest BCUT2D eigenvalue weighted by atomic mass is 10.2. The second-order valence-electron chi connectivity index (χ2n) is 3.95. The summed E-state index contributed by atoms with van der Waals surface area (Å²) in [6.45, 7) is 5.15. The molecule has 2 heterocycles. The summed E-state index contributed by atoms with van der Waals surface area (Å²) in [5.41, 5.74) is 0. The highest BCUT2D eigenvalue weighted by Crippen LogP contribution is 2.27. The molecule has 0 aliphatic carbocycles. The van der Waals surface area contributed by atoms with Crippen LogP contribution in [-0.2, 0) is 16.0 Å². The lowest BCUT2D eigenvalue weighted by molar-refractivity contribution is -0.144. The number of esters is 1. The first kappa shape index (κ1) is 12.3. The number of rotatable bonds is 4. The molecule has 17 heavy (non-hydrogen) atoms. The van der Waals surface area contributed by atoms with E-state index >= 15 is 0 Å². The molecule has 0 bridgehead atoms. The van der Waals surface area contributed by atoms with Gasteiger partial charge in [0, 0.05) is 24.5 Å². The summed E-state index contributed by atoms with van der Waals surface area (Å²) in [5.74, 6) is 0.706. The summed E-state index contributed by atoms with van der Waals surface area (Å²) >= 11 is 1.37. The van der Waals surface area contributed by atoms with Crippen molar-refractivity contribution in [3.8, 4) is 0 Å². The second-order valence-corrected chi connectivity index (χ2v) is 4.68. The van der Waals surface area contributed by atoms with Crippen molar-refractivity contribution in [2.75, 3.05) is 18.1 Å². The minimum atomic E-state index is -0.174. The Bertz CT molecular complexity index is 394. The molecule has 94 valence electrons. The fourth-order valence-corrected chi connectivity index (χ4v) is 2.81. The number of aromatic nitrogens is 2. The fraction of sp³-hybridized carbons (Fsp3) is 0.727. The predicted molar refractivity (Wildman–Crippen MR) is 66.3 cm³/mol. The summed E-state index contributed by atoms with van der Waals surface area (Å²) in [5, 5.41) is 0.845. The Morgan fingerprint density at radius 2 is 2.41 bits per heavy atom. The van der Waals surface area contributed by atoms with E-state index in [0.29, 0.717) is 6.61 Å². The van der Waals surface area contributed by atoms with E-state index in [2.05, 4.69) is 9.36 Å². The number of aryl methyl sites for hydroxylation is 1. The minimum absolute atomic E-state index is 0.141. The molecule has 0 spiro atoms. The molecule has 1 aromatic rings. The third kappa shape index (κ3) is 2.57. The van der Waals surface area contributed by atoms with Gasteiger partial charge in [0.25, 0.3) is 0 Å². The third-order valence-electron chi connectivity index (χ3n) is 2.83. The Morgan fingerprint density at radius 3 is 3.06 bits per heavy atom. The van der Waals surface area contributed by atoms with Crippen LogP contribution in [0.25, 0.3) is 0 Å². The van der Waals surface area contributed by atoms with Crippen molar-refractivity contribution in [1.29, 1.82) is 0 Å². The summed E-state index contributed by atoms with van der Waals surface area (Å²) in [4.78, 5) is 18.2. The average Bonchev–Trinajstić information content (AvgIpc) is 2.97. The number of nitrogens with zero attached hydrogens (tertiary/aromatic N) is 3. The summed E-state index contributed by atoms with van der Waals surface area (Å²) < 4.78 is 9.34. The van der Waals surface area contributed by atoms with Crippen LogP contribution in [0.15, 0.2) is 0 Å². The van der Waals surface area contributed by atoms with E-state index in [1.165, 1.54) is 11.5 Å². The van der Waals surface area contributed by atoms with Gasteiger partial charge >= 0.3 is 5.97 Å². The number of ether oxygens (including phenoxy) is 1. The summed E-state index contributed by atoms with van der Waals surface area (Å²) in [6.07, 6.45) is 2.68. The zero-order valence-corrected chi connectivity index (χ0v) is 11.0. The van der Waals surface area contributed by atoms with E-state index in [4.69, 9.17) is 4.74 Å². The molecule has 0 saturated carbocycles. The number of hydrogen-bond acceptors (Lipinski definition) is 6. The third-order valence-corrected chi connectivity index (χ3v) is 3.62. The van der Waals surface area contributed by atoms with Crippen molar-refractivity contribution in [2.24, 2.45) is 0 Å². The smallest absolute Gasteiger partial charge is 0.328 e. The monoisotopic (exact) mass is 255 g/mol. The Kier molecular flexibility index (Phi) is 3.93. The largest absolute Gasteiger partial charge is 0.464 e. The first-order valence-electron chi connectivity index (χ1n) is 6.02. The fourth-order valence-electron chi connectivity index (χ4n) is 1.98. The van der Waals surface area contributed by atoms with E-state index in [1.54, 1.807) is 0 Å². The molecule has 1 saturated heterocycles. The number of hydrogen-bond donors (Lipinski definition) is 0. The van der Waals surface area contributed by atoms with Crippen LogP contribution in [0, 0.1) is 0 Å². The van der Waals surface area contributed by atoms with Crippen LogP contribution in [0.5, 0.6) is 0 Å². The summed E-state index contributed by atoms with van der Waals surface area (Å²) in [6, 6.07) is -0.174. The van der Waals surface area contributed by atoms with Crippen molar-refractivity contribution >= 4 is 22.6 Å². The molecule has 0 N–H and O–H groups in total.